The molecule has 1 aliphatic rings. The van der Waals surface area contributed by atoms with E-state index in [1.165, 1.54) is 12.0 Å². The van der Waals surface area contributed by atoms with Crippen LogP contribution in [0.25, 0.3) is 0 Å². The van der Waals surface area contributed by atoms with E-state index in [1.807, 2.05) is 0 Å². The summed E-state index contributed by atoms with van der Waals surface area (Å²) < 4.78 is 5.26. The Labute approximate surface area is 189 Å². The zero-order valence-corrected chi connectivity index (χ0v) is 18.2. The molecule has 0 aromatic heterocycles. The van der Waals surface area contributed by atoms with Crippen molar-refractivity contribution in [3.63, 3.8) is 0 Å². The molecule has 1 aliphatic heterocycles. The monoisotopic (exact) mass is 455 g/mol. The molecule has 1 N–H and O–H groups in total. The first-order chi connectivity index (χ1) is 14.8. The van der Waals surface area contributed by atoms with E-state index in [2.05, 4.69) is 0 Å². The first-order valence-electron chi connectivity index (χ1n) is 9.59. The second kappa shape index (κ2) is 8.35. The van der Waals surface area contributed by atoms with Gasteiger partial charge in [0.25, 0.3) is 5.91 Å². The molecule has 158 valence electrons. The lowest BCUT2D eigenvalue weighted by atomic mass is 9.88. The van der Waals surface area contributed by atoms with Crippen LogP contribution in [0.2, 0.25) is 10.0 Å². The Morgan fingerprint density at radius 2 is 1.74 bits per heavy atom. The molecule has 0 radical (unpaired) electrons. The van der Waals surface area contributed by atoms with Crippen molar-refractivity contribution in [1.82, 2.24) is 0 Å². The predicted octanol–water partition coefficient (Wildman–Crippen LogP) is 5.01. The zero-order valence-electron chi connectivity index (χ0n) is 16.6. The van der Waals surface area contributed by atoms with Gasteiger partial charge in [0.05, 0.1) is 41.4 Å². The third-order valence-electron chi connectivity index (χ3n) is 5.39. The van der Waals surface area contributed by atoms with Crippen molar-refractivity contribution in [1.29, 1.82) is 0 Å². The van der Waals surface area contributed by atoms with Gasteiger partial charge in [0.2, 0.25) is 0 Å². The topological polar surface area (TPSA) is 66.8 Å². The summed E-state index contributed by atoms with van der Waals surface area (Å²) in [6, 6.07) is 18.8. The molecule has 1 atom stereocenters. The van der Waals surface area contributed by atoms with Gasteiger partial charge in [-0.3, -0.25) is 9.59 Å². The number of halogens is 2. The summed E-state index contributed by atoms with van der Waals surface area (Å²) in [6.45, 7) is 0.178. The number of nitrogens with zero attached hydrogens (tertiary/aromatic N) is 1. The molecule has 3 aromatic rings. The second-order valence-corrected chi connectivity index (χ2v) is 8.13. The van der Waals surface area contributed by atoms with Crippen molar-refractivity contribution in [3.8, 4) is 5.75 Å². The van der Waals surface area contributed by atoms with Gasteiger partial charge in [-0.1, -0.05) is 59.6 Å². The maximum Gasteiger partial charge on any atom is 0.264 e. The highest BCUT2D eigenvalue weighted by Gasteiger charge is 2.50. The van der Waals surface area contributed by atoms with Crippen LogP contribution in [0.4, 0.5) is 5.69 Å². The van der Waals surface area contributed by atoms with Gasteiger partial charge in [0.15, 0.2) is 11.4 Å². The first kappa shape index (κ1) is 21.4. The predicted molar refractivity (Wildman–Crippen MR) is 120 cm³/mol. The van der Waals surface area contributed by atoms with Crippen LogP contribution >= 0.6 is 23.2 Å². The summed E-state index contributed by atoms with van der Waals surface area (Å²) in [5, 5.41) is 12.2. The summed E-state index contributed by atoms with van der Waals surface area (Å²) in [7, 11) is 1.47. The minimum atomic E-state index is -1.98. The number of para-hydroxylation sites is 2. The Morgan fingerprint density at radius 3 is 2.48 bits per heavy atom. The molecule has 5 nitrogen and oxygen atoms in total. The molecule has 0 saturated heterocycles. The smallest absolute Gasteiger partial charge is 0.264 e. The van der Waals surface area contributed by atoms with Crippen LogP contribution in [0.3, 0.4) is 0 Å². The number of hydrogen-bond acceptors (Lipinski definition) is 4. The van der Waals surface area contributed by atoms with E-state index in [-0.39, 0.29) is 12.3 Å². The average molecular weight is 456 g/mol. The number of amides is 1. The van der Waals surface area contributed by atoms with E-state index >= 15 is 0 Å². The van der Waals surface area contributed by atoms with E-state index in [4.69, 9.17) is 27.9 Å². The molecule has 0 fully saturated rings. The van der Waals surface area contributed by atoms with Crippen molar-refractivity contribution >= 4 is 40.6 Å². The van der Waals surface area contributed by atoms with E-state index in [0.29, 0.717) is 32.6 Å². The highest BCUT2D eigenvalue weighted by molar-refractivity contribution is 6.42. The second-order valence-electron chi connectivity index (χ2n) is 7.32. The number of aliphatic hydroxyl groups is 1. The average Bonchev–Trinajstić information content (AvgIpc) is 2.98. The normalized spacial score (nSPS) is 17.5. The van der Waals surface area contributed by atoms with Crippen LogP contribution in [0.5, 0.6) is 5.75 Å². The zero-order chi connectivity index (χ0) is 22.2. The number of Topliss-reactive ketones (excluding diaryl/α,β-unsaturated/α-hetero) is 1. The maximum atomic E-state index is 13.4. The minimum Gasteiger partial charge on any atom is -0.496 e. The number of hydrogen-bond donors (Lipinski definition) is 1. The molecule has 0 spiro atoms. The number of fused-ring (bicyclic) bond motifs is 1. The van der Waals surface area contributed by atoms with Crippen LogP contribution in [-0.4, -0.2) is 23.9 Å². The van der Waals surface area contributed by atoms with Gasteiger partial charge in [-0.05, 0) is 35.9 Å². The van der Waals surface area contributed by atoms with Crippen molar-refractivity contribution in [2.45, 2.75) is 18.6 Å². The van der Waals surface area contributed by atoms with Crippen molar-refractivity contribution in [2.24, 2.45) is 0 Å². The molecule has 4 rings (SSSR count). The number of carbonyl (C=O) groups is 2. The lowest BCUT2D eigenvalue weighted by Gasteiger charge is -2.23. The molecule has 7 heteroatoms. The van der Waals surface area contributed by atoms with Crippen LogP contribution in [-0.2, 0) is 16.9 Å². The number of methoxy groups -OCH3 is 1. The fourth-order valence-corrected chi connectivity index (χ4v) is 4.18. The fraction of sp³-hybridized carbons (Fsp3) is 0.167. The van der Waals surface area contributed by atoms with Crippen LogP contribution in [0.15, 0.2) is 66.7 Å². The summed E-state index contributed by atoms with van der Waals surface area (Å²) >= 11 is 12.1. The van der Waals surface area contributed by atoms with Crippen molar-refractivity contribution < 1.29 is 19.4 Å². The molecule has 0 bridgehead atoms. The summed E-state index contributed by atoms with van der Waals surface area (Å²) in [6.07, 6.45) is -0.402. The molecule has 3 aromatic carbocycles. The lowest BCUT2D eigenvalue weighted by molar-refractivity contribution is -0.136. The fourth-order valence-electron chi connectivity index (χ4n) is 3.86. The molecule has 31 heavy (non-hydrogen) atoms. The van der Waals surface area contributed by atoms with E-state index in [1.54, 1.807) is 66.7 Å². The maximum absolute atomic E-state index is 13.4. The van der Waals surface area contributed by atoms with E-state index in [9.17, 15) is 14.7 Å². The Balaban J connectivity index is 1.69. The van der Waals surface area contributed by atoms with Crippen molar-refractivity contribution in [2.75, 3.05) is 12.0 Å². The highest BCUT2D eigenvalue weighted by atomic mass is 35.5. The third kappa shape index (κ3) is 3.81. The van der Waals surface area contributed by atoms with Gasteiger partial charge in [0, 0.05) is 5.56 Å². The quantitative estimate of drug-likeness (QED) is 0.530. The van der Waals surface area contributed by atoms with E-state index < -0.39 is 17.9 Å². The number of ketones is 1. The van der Waals surface area contributed by atoms with Gasteiger partial charge >= 0.3 is 0 Å². The van der Waals surface area contributed by atoms with Gasteiger partial charge in [0.1, 0.15) is 5.75 Å². The summed E-state index contributed by atoms with van der Waals surface area (Å²) in [5.74, 6) is -0.565. The number of rotatable bonds is 6. The van der Waals surface area contributed by atoms with Gasteiger partial charge < -0.3 is 14.7 Å². The minimum absolute atomic E-state index is 0.178. The number of anilines is 1. The van der Waals surface area contributed by atoms with Gasteiger partial charge in [-0.2, -0.15) is 0 Å². The molecule has 0 aliphatic carbocycles. The largest absolute Gasteiger partial charge is 0.496 e. The van der Waals surface area contributed by atoms with Crippen molar-refractivity contribution in [3.05, 3.63) is 93.5 Å². The summed E-state index contributed by atoms with van der Waals surface area (Å²) in [4.78, 5) is 27.9. The number of ether oxygens (including phenoxy) is 1. The Kier molecular flexibility index (Phi) is 5.75. The Morgan fingerprint density at radius 1 is 1.03 bits per heavy atom. The molecule has 1 unspecified atom stereocenters. The third-order valence-corrected chi connectivity index (χ3v) is 6.13. The first-order valence-corrected chi connectivity index (χ1v) is 10.3. The van der Waals surface area contributed by atoms with Crippen LogP contribution in [0, 0.1) is 0 Å². The van der Waals surface area contributed by atoms with Gasteiger partial charge in [-0.15, -0.1) is 0 Å². The Hall–Kier alpha value is -2.86. The summed E-state index contributed by atoms with van der Waals surface area (Å²) in [5.41, 5.74) is 0.0202. The lowest BCUT2D eigenvalue weighted by Crippen LogP contribution is -2.41. The molecular weight excluding hydrogens is 437 g/mol. The van der Waals surface area contributed by atoms with Crippen LogP contribution < -0.4 is 9.64 Å². The van der Waals surface area contributed by atoms with E-state index in [0.717, 1.165) is 5.56 Å². The standard InChI is InChI=1S/C24H19Cl2NO4/c1-31-22-9-5-2-6-16(22)21(28)13-24(30)17-7-3-4-8-20(17)27(23(24)29)14-15-10-11-18(25)19(26)12-15/h2-12,30H,13-14H2,1H3. The highest BCUT2D eigenvalue weighted by Crippen LogP contribution is 2.44. The molecule has 1 amide bonds. The van der Waals surface area contributed by atoms with Gasteiger partial charge in [-0.25, -0.2) is 0 Å². The molecule has 0 saturated carbocycles. The van der Waals surface area contributed by atoms with Crippen LogP contribution in [0.1, 0.15) is 27.9 Å². The molecule has 1 heterocycles. The SMILES string of the molecule is COc1ccccc1C(=O)CC1(O)C(=O)N(Cc2ccc(Cl)c(Cl)c2)c2ccccc21. The Bertz CT molecular complexity index is 1180. The number of carbonyl (C=O) groups excluding carboxylic acids is 2. The number of benzene rings is 3. The molecular formula is C24H19Cl2NO4.